The molecule has 4 nitrogen and oxygen atoms in total. The first kappa shape index (κ1) is 14.2. The van der Waals surface area contributed by atoms with Crippen molar-refractivity contribution in [1.29, 1.82) is 0 Å². The summed E-state index contributed by atoms with van der Waals surface area (Å²) in [7, 11) is 5.84. The van der Waals surface area contributed by atoms with E-state index in [2.05, 4.69) is 23.9 Å². The Labute approximate surface area is 115 Å². The molecule has 0 amide bonds. The zero-order valence-electron chi connectivity index (χ0n) is 12.1. The number of ether oxygens (including phenoxy) is 1. The summed E-state index contributed by atoms with van der Waals surface area (Å²) in [6.07, 6.45) is 2.54. The molecule has 0 aliphatic carbocycles. The van der Waals surface area contributed by atoms with Gasteiger partial charge >= 0.3 is 0 Å². The second-order valence-electron chi connectivity index (χ2n) is 5.53. The fourth-order valence-electron chi connectivity index (χ4n) is 2.79. The maximum absolute atomic E-state index is 9.62. The van der Waals surface area contributed by atoms with Gasteiger partial charge < -0.3 is 14.7 Å². The molecule has 1 aliphatic rings. The van der Waals surface area contributed by atoms with Crippen molar-refractivity contribution in [3.05, 3.63) is 23.8 Å². The van der Waals surface area contributed by atoms with Crippen molar-refractivity contribution in [1.82, 2.24) is 9.80 Å². The van der Waals surface area contributed by atoms with Crippen LogP contribution in [0.2, 0.25) is 0 Å². The molecule has 2 rings (SSSR count). The lowest BCUT2D eigenvalue weighted by Crippen LogP contribution is -2.37. The molecular weight excluding hydrogens is 240 g/mol. The highest BCUT2D eigenvalue weighted by Gasteiger charge is 2.24. The molecule has 1 fully saturated rings. The highest BCUT2D eigenvalue weighted by Crippen LogP contribution is 2.28. The van der Waals surface area contributed by atoms with Crippen LogP contribution in [0.5, 0.6) is 11.5 Å². The number of likely N-dealkylation sites (N-methyl/N-ethyl adjacent to an activating group) is 1. The number of rotatable bonds is 5. The van der Waals surface area contributed by atoms with Crippen molar-refractivity contribution in [2.45, 2.75) is 25.4 Å². The number of methoxy groups -OCH3 is 1. The Morgan fingerprint density at radius 1 is 1.42 bits per heavy atom. The lowest BCUT2D eigenvalue weighted by Gasteiger charge is -2.27. The van der Waals surface area contributed by atoms with Crippen molar-refractivity contribution < 1.29 is 9.84 Å². The molecule has 0 bridgehead atoms. The van der Waals surface area contributed by atoms with Crippen LogP contribution in [0, 0.1) is 0 Å². The highest BCUT2D eigenvalue weighted by molar-refractivity contribution is 5.41. The number of phenols is 1. The number of hydrogen-bond acceptors (Lipinski definition) is 4. The predicted molar refractivity (Wildman–Crippen MR) is 76.6 cm³/mol. The van der Waals surface area contributed by atoms with E-state index in [-0.39, 0.29) is 5.75 Å². The standard InChI is InChI=1S/C15H24N2O2/c1-16(2)11-13-5-4-8-17(13)10-12-6-7-14(18)15(9-12)19-3/h6-7,9,13,18H,4-5,8,10-11H2,1-3H3. The average molecular weight is 264 g/mol. The summed E-state index contributed by atoms with van der Waals surface area (Å²) >= 11 is 0. The lowest BCUT2D eigenvalue weighted by molar-refractivity contribution is 0.201. The summed E-state index contributed by atoms with van der Waals surface area (Å²) in [5.74, 6) is 0.762. The molecule has 0 saturated carbocycles. The molecule has 1 N–H and O–H groups in total. The van der Waals surface area contributed by atoms with Gasteiger partial charge in [0.05, 0.1) is 7.11 Å². The van der Waals surface area contributed by atoms with Crippen LogP contribution in [0.1, 0.15) is 18.4 Å². The number of likely N-dealkylation sites (tertiary alicyclic amines) is 1. The van der Waals surface area contributed by atoms with Crippen molar-refractivity contribution in [3.63, 3.8) is 0 Å². The smallest absolute Gasteiger partial charge is 0.160 e. The minimum absolute atomic E-state index is 0.206. The summed E-state index contributed by atoms with van der Waals surface area (Å²) in [5, 5.41) is 9.62. The minimum atomic E-state index is 0.206. The Balaban J connectivity index is 2.03. The largest absolute Gasteiger partial charge is 0.504 e. The lowest BCUT2D eigenvalue weighted by atomic mass is 10.1. The van der Waals surface area contributed by atoms with Gasteiger partial charge in [0, 0.05) is 19.1 Å². The van der Waals surface area contributed by atoms with Crippen LogP contribution < -0.4 is 4.74 Å². The third-order valence-corrected chi connectivity index (χ3v) is 3.70. The van der Waals surface area contributed by atoms with E-state index in [1.807, 2.05) is 12.1 Å². The van der Waals surface area contributed by atoms with Crippen LogP contribution >= 0.6 is 0 Å². The van der Waals surface area contributed by atoms with Crippen LogP contribution in [-0.2, 0) is 6.54 Å². The molecule has 0 radical (unpaired) electrons. The summed E-state index contributed by atoms with van der Waals surface area (Å²) in [6, 6.07) is 6.25. The molecule has 1 aromatic rings. The number of aromatic hydroxyl groups is 1. The van der Waals surface area contributed by atoms with E-state index in [1.165, 1.54) is 18.4 Å². The van der Waals surface area contributed by atoms with Gasteiger partial charge in [-0.3, -0.25) is 4.90 Å². The summed E-state index contributed by atoms with van der Waals surface area (Å²) in [5.41, 5.74) is 1.19. The van der Waals surface area contributed by atoms with Crippen molar-refractivity contribution in [2.75, 3.05) is 34.3 Å². The molecule has 106 valence electrons. The molecule has 1 heterocycles. The fourth-order valence-corrected chi connectivity index (χ4v) is 2.79. The molecular formula is C15H24N2O2. The van der Waals surface area contributed by atoms with Gasteiger partial charge in [-0.25, -0.2) is 0 Å². The van der Waals surface area contributed by atoms with Gasteiger partial charge in [-0.1, -0.05) is 6.07 Å². The zero-order chi connectivity index (χ0) is 13.8. The van der Waals surface area contributed by atoms with Gasteiger partial charge in [0.15, 0.2) is 11.5 Å². The molecule has 4 heteroatoms. The van der Waals surface area contributed by atoms with Gasteiger partial charge in [0.1, 0.15) is 0 Å². The Hall–Kier alpha value is -1.26. The van der Waals surface area contributed by atoms with E-state index in [0.29, 0.717) is 11.8 Å². The molecule has 1 atom stereocenters. The van der Waals surface area contributed by atoms with Gasteiger partial charge in [0.25, 0.3) is 0 Å². The minimum Gasteiger partial charge on any atom is -0.504 e. The molecule has 19 heavy (non-hydrogen) atoms. The number of benzene rings is 1. The van der Waals surface area contributed by atoms with E-state index in [9.17, 15) is 5.11 Å². The zero-order valence-corrected chi connectivity index (χ0v) is 12.1. The van der Waals surface area contributed by atoms with Crippen molar-refractivity contribution >= 4 is 0 Å². The molecule has 1 saturated heterocycles. The van der Waals surface area contributed by atoms with Gasteiger partial charge in [-0.05, 0) is 51.2 Å². The Bertz CT molecular complexity index is 421. The van der Waals surface area contributed by atoms with Crippen LogP contribution in [0.25, 0.3) is 0 Å². The first-order chi connectivity index (χ1) is 9.10. The molecule has 0 aromatic heterocycles. The highest BCUT2D eigenvalue weighted by atomic mass is 16.5. The van der Waals surface area contributed by atoms with E-state index >= 15 is 0 Å². The normalized spacial score (nSPS) is 20.1. The van der Waals surface area contributed by atoms with E-state index < -0.39 is 0 Å². The van der Waals surface area contributed by atoms with Crippen molar-refractivity contribution in [3.8, 4) is 11.5 Å². The summed E-state index contributed by atoms with van der Waals surface area (Å²) in [6.45, 7) is 3.19. The van der Waals surface area contributed by atoms with Gasteiger partial charge in [-0.15, -0.1) is 0 Å². The molecule has 1 aromatic carbocycles. The SMILES string of the molecule is COc1cc(CN2CCCC2CN(C)C)ccc1O. The quantitative estimate of drug-likeness (QED) is 0.881. The first-order valence-corrected chi connectivity index (χ1v) is 6.85. The topological polar surface area (TPSA) is 35.9 Å². The third-order valence-electron chi connectivity index (χ3n) is 3.70. The second-order valence-corrected chi connectivity index (χ2v) is 5.53. The van der Waals surface area contributed by atoms with Gasteiger partial charge in [-0.2, -0.15) is 0 Å². The van der Waals surface area contributed by atoms with Crippen LogP contribution in [-0.4, -0.2) is 55.2 Å². The Kier molecular flexibility index (Phi) is 4.66. The average Bonchev–Trinajstić information content (AvgIpc) is 2.78. The van der Waals surface area contributed by atoms with Crippen LogP contribution in [0.15, 0.2) is 18.2 Å². The Morgan fingerprint density at radius 3 is 2.89 bits per heavy atom. The second kappa shape index (κ2) is 6.26. The molecule has 1 aliphatic heterocycles. The van der Waals surface area contributed by atoms with Crippen LogP contribution in [0.4, 0.5) is 0 Å². The summed E-state index contributed by atoms with van der Waals surface area (Å²) < 4.78 is 5.16. The monoisotopic (exact) mass is 264 g/mol. The number of phenolic OH excluding ortho intramolecular Hbond substituents is 1. The van der Waals surface area contributed by atoms with Crippen LogP contribution in [0.3, 0.4) is 0 Å². The third kappa shape index (κ3) is 3.61. The Morgan fingerprint density at radius 2 is 2.21 bits per heavy atom. The first-order valence-electron chi connectivity index (χ1n) is 6.85. The van der Waals surface area contributed by atoms with Gasteiger partial charge in [0.2, 0.25) is 0 Å². The summed E-state index contributed by atoms with van der Waals surface area (Å²) in [4.78, 5) is 4.77. The van der Waals surface area contributed by atoms with Crippen molar-refractivity contribution in [2.24, 2.45) is 0 Å². The fraction of sp³-hybridized carbons (Fsp3) is 0.600. The molecule has 1 unspecified atom stereocenters. The van der Waals surface area contributed by atoms with E-state index in [4.69, 9.17) is 4.74 Å². The number of nitrogens with zero attached hydrogens (tertiary/aromatic N) is 2. The number of hydrogen-bond donors (Lipinski definition) is 1. The predicted octanol–water partition coefficient (Wildman–Crippen LogP) is 1.93. The van der Waals surface area contributed by atoms with E-state index in [1.54, 1.807) is 13.2 Å². The maximum atomic E-state index is 9.62. The maximum Gasteiger partial charge on any atom is 0.160 e. The molecule has 0 spiro atoms. The van der Waals surface area contributed by atoms with E-state index in [0.717, 1.165) is 19.6 Å².